The van der Waals surface area contributed by atoms with Crippen molar-refractivity contribution >= 4 is 27.5 Å². The van der Waals surface area contributed by atoms with Gasteiger partial charge in [0.25, 0.3) is 0 Å². The van der Waals surface area contributed by atoms with Crippen LogP contribution in [0.4, 0.5) is 4.79 Å². The summed E-state index contributed by atoms with van der Waals surface area (Å²) < 4.78 is 6.55. The Morgan fingerprint density at radius 3 is 2.61 bits per heavy atom. The number of hydrogen-bond donors (Lipinski definition) is 1. The first-order valence-electron chi connectivity index (χ1n) is 8.01. The minimum atomic E-state index is -0.640. The van der Waals surface area contributed by atoms with Gasteiger partial charge in [-0.05, 0) is 37.8 Å². The van der Waals surface area contributed by atoms with E-state index in [1.807, 2.05) is 58.9 Å². The van der Waals surface area contributed by atoms with Crippen molar-refractivity contribution in [2.75, 3.05) is 6.54 Å². The smallest absolute Gasteiger partial charge is 0.410 e. The highest BCUT2D eigenvalue weighted by Gasteiger charge is 2.32. The van der Waals surface area contributed by atoms with Gasteiger partial charge in [-0.15, -0.1) is 11.3 Å². The van der Waals surface area contributed by atoms with Crippen molar-refractivity contribution < 1.29 is 14.6 Å². The number of nitrogens with zero attached hydrogens (tertiary/aromatic N) is 1. The van der Waals surface area contributed by atoms with Crippen molar-refractivity contribution in [2.24, 2.45) is 0 Å². The molecule has 1 unspecified atom stereocenters. The number of amides is 1. The molecule has 0 saturated heterocycles. The Morgan fingerprint density at radius 1 is 1.30 bits per heavy atom. The first-order valence-corrected chi connectivity index (χ1v) is 8.83. The van der Waals surface area contributed by atoms with Crippen LogP contribution in [0.15, 0.2) is 24.3 Å². The second-order valence-electron chi connectivity index (χ2n) is 6.32. The highest BCUT2D eigenvalue weighted by atomic mass is 32.1. The predicted molar refractivity (Wildman–Crippen MR) is 94.8 cm³/mol. The Labute approximate surface area is 141 Å². The van der Waals surface area contributed by atoms with Crippen LogP contribution in [0.2, 0.25) is 0 Å². The Balaban J connectivity index is 0.000000924. The van der Waals surface area contributed by atoms with Crippen LogP contribution < -0.4 is 0 Å². The molecule has 0 spiro atoms. The summed E-state index contributed by atoms with van der Waals surface area (Å²) in [5, 5.41) is 11.5. The number of carbonyl (C=O) groups excluding carboxylic acids is 1. The van der Waals surface area contributed by atoms with E-state index in [0.717, 1.165) is 20.5 Å². The Hall–Kier alpha value is -1.59. The molecule has 1 aromatic heterocycles. The third kappa shape index (κ3) is 3.85. The molecule has 23 heavy (non-hydrogen) atoms. The summed E-state index contributed by atoms with van der Waals surface area (Å²) in [6.07, 6.45) is -1.01. The van der Waals surface area contributed by atoms with E-state index in [0.29, 0.717) is 6.54 Å². The lowest BCUT2D eigenvalue weighted by atomic mass is 10.0. The maximum absolute atomic E-state index is 12.2. The topological polar surface area (TPSA) is 49.8 Å². The minimum Gasteiger partial charge on any atom is -0.444 e. The van der Waals surface area contributed by atoms with Gasteiger partial charge in [-0.2, -0.15) is 0 Å². The fraction of sp³-hybridized carbons (Fsp3) is 0.500. The standard InChI is InChI=1S/C16H19NO3S.C2H6/c1-16(2,3)20-15(19)17-8-11-10-6-4-5-7-13(10)21-14(11)12(18)9-17;1-2/h4-7,12,18H,8-9H2,1-3H3;1-2H3. The normalized spacial score (nSPS) is 17.3. The van der Waals surface area contributed by atoms with Crippen LogP contribution >= 0.6 is 11.3 Å². The quantitative estimate of drug-likeness (QED) is 0.758. The Bertz CT molecular complexity index is 687. The number of hydrogen-bond acceptors (Lipinski definition) is 4. The third-order valence-electron chi connectivity index (χ3n) is 3.43. The van der Waals surface area contributed by atoms with Crippen molar-refractivity contribution in [2.45, 2.75) is 52.9 Å². The van der Waals surface area contributed by atoms with Crippen molar-refractivity contribution in [3.63, 3.8) is 0 Å². The van der Waals surface area contributed by atoms with E-state index in [1.165, 1.54) is 0 Å². The van der Waals surface area contributed by atoms with Gasteiger partial charge >= 0.3 is 6.09 Å². The second kappa shape index (κ2) is 6.89. The fourth-order valence-corrected chi connectivity index (χ4v) is 3.76. The average Bonchev–Trinajstić information content (AvgIpc) is 2.87. The van der Waals surface area contributed by atoms with Crippen molar-refractivity contribution in [3.8, 4) is 0 Å². The number of thiophene rings is 1. The summed E-state index contributed by atoms with van der Waals surface area (Å²) in [4.78, 5) is 14.8. The van der Waals surface area contributed by atoms with Crippen LogP contribution in [0.5, 0.6) is 0 Å². The van der Waals surface area contributed by atoms with Crippen LogP contribution in [-0.4, -0.2) is 28.2 Å². The molecule has 5 heteroatoms. The number of benzene rings is 1. The van der Waals surface area contributed by atoms with Gasteiger partial charge in [0.2, 0.25) is 0 Å². The SMILES string of the molecule is CC.CC(C)(C)OC(=O)N1Cc2c(sc3ccccc23)C(O)C1. The molecule has 4 nitrogen and oxygen atoms in total. The predicted octanol–water partition coefficient (Wildman–Crippen LogP) is 4.71. The van der Waals surface area contributed by atoms with Crippen LogP contribution in [-0.2, 0) is 11.3 Å². The molecular weight excluding hydrogens is 310 g/mol. The summed E-state index contributed by atoms with van der Waals surface area (Å²) in [7, 11) is 0. The lowest BCUT2D eigenvalue weighted by Crippen LogP contribution is -2.41. The summed E-state index contributed by atoms with van der Waals surface area (Å²) in [5.74, 6) is 0. The monoisotopic (exact) mass is 335 g/mol. The number of aliphatic hydroxyl groups is 1. The van der Waals surface area contributed by atoms with Gasteiger partial charge in [-0.3, -0.25) is 0 Å². The Morgan fingerprint density at radius 2 is 1.96 bits per heavy atom. The molecule has 1 N–H and O–H groups in total. The molecule has 0 fully saturated rings. The van der Waals surface area contributed by atoms with Gasteiger partial charge in [0.1, 0.15) is 11.7 Å². The zero-order valence-corrected chi connectivity index (χ0v) is 15.2. The molecule has 0 radical (unpaired) electrons. The highest BCUT2D eigenvalue weighted by molar-refractivity contribution is 7.19. The number of fused-ring (bicyclic) bond motifs is 3. The third-order valence-corrected chi connectivity index (χ3v) is 4.74. The summed E-state index contributed by atoms with van der Waals surface area (Å²) >= 11 is 1.61. The second-order valence-corrected chi connectivity index (χ2v) is 7.40. The average molecular weight is 335 g/mol. The first-order chi connectivity index (χ1) is 10.8. The van der Waals surface area contributed by atoms with Gasteiger partial charge in [-0.1, -0.05) is 32.0 Å². The number of rotatable bonds is 0. The van der Waals surface area contributed by atoms with E-state index in [1.54, 1.807) is 16.2 Å². The molecule has 2 heterocycles. The molecule has 126 valence electrons. The lowest BCUT2D eigenvalue weighted by Gasteiger charge is -2.32. The van der Waals surface area contributed by atoms with E-state index >= 15 is 0 Å². The molecule has 1 aromatic carbocycles. The van der Waals surface area contributed by atoms with Crippen molar-refractivity contribution in [1.29, 1.82) is 0 Å². The maximum atomic E-state index is 12.2. The highest BCUT2D eigenvalue weighted by Crippen LogP contribution is 2.39. The maximum Gasteiger partial charge on any atom is 0.410 e. The van der Waals surface area contributed by atoms with Crippen LogP contribution in [0.1, 0.15) is 51.2 Å². The zero-order valence-electron chi connectivity index (χ0n) is 14.4. The fourth-order valence-electron chi connectivity index (χ4n) is 2.56. The molecule has 1 amide bonds. The molecule has 0 aliphatic carbocycles. The van der Waals surface area contributed by atoms with E-state index in [4.69, 9.17) is 4.74 Å². The molecule has 1 aliphatic rings. The van der Waals surface area contributed by atoms with Gasteiger partial charge in [-0.25, -0.2) is 4.79 Å². The molecule has 3 rings (SSSR count). The van der Waals surface area contributed by atoms with Crippen molar-refractivity contribution in [1.82, 2.24) is 4.90 Å². The van der Waals surface area contributed by atoms with Crippen LogP contribution in [0.3, 0.4) is 0 Å². The largest absolute Gasteiger partial charge is 0.444 e. The van der Waals surface area contributed by atoms with Gasteiger partial charge < -0.3 is 14.7 Å². The van der Waals surface area contributed by atoms with E-state index < -0.39 is 11.7 Å². The van der Waals surface area contributed by atoms with E-state index in [2.05, 4.69) is 0 Å². The van der Waals surface area contributed by atoms with Gasteiger partial charge in [0.15, 0.2) is 0 Å². The van der Waals surface area contributed by atoms with Gasteiger partial charge in [0.05, 0.1) is 13.1 Å². The first kappa shape index (κ1) is 17.8. The Kier molecular flexibility index (Phi) is 5.32. The lowest BCUT2D eigenvalue weighted by molar-refractivity contribution is 0.00909. The van der Waals surface area contributed by atoms with Gasteiger partial charge in [0, 0.05) is 9.58 Å². The van der Waals surface area contributed by atoms with Crippen LogP contribution in [0.25, 0.3) is 10.1 Å². The molecule has 0 bridgehead atoms. The zero-order chi connectivity index (χ0) is 17.2. The number of ether oxygens (including phenoxy) is 1. The molecule has 2 aromatic rings. The number of β-amino-alcohol motifs (C(OH)–C–C–N with tert-alkyl or cyclic N) is 1. The number of carbonyl (C=O) groups is 1. The van der Waals surface area contributed by atoms with Crippen molar-refractivity contribution in [3.05, 3.63) is 34.7 Å². The molecule has 1 atom stereocenters. The van der Waals surface area contributed by atoms with E-state index in [-0.39, 0.29) is 12.6 Å². The summed E-state index contributed by atoms with van der Waals surface area (Å²) in [5.41, 5.74) is 0.513. The molecule has 1 aliphatic heterocycles. The minimum absolute atomic E-state index is 0.286. The summed E-state index contributed by atoms with van der Waals surface area (Å²) in [6, 6.07) is 8.05. The van der Waals surface area contributed by atoms with Crippen LogP contribution in [0, 0.1) is 0 Å². The molecule has 0 saturated carbocycles. The van der Waals surface area contributed by atoms with E-state index in [9.17, 15) is 9.90 Å². The number of aliphatic hydroxyl groups excluding tert-OH is 1. The summed E-state index contributed by atoms with van der Waals surface area (Å²) in [6.45, 7) is 10.3. The molecular formula is C18H25NO3S.